The van der Waals surface area contributed by atoms with E-state index in [0.29, 0.717) is 0 Å². The Hall–Kier alpha value is -1.06. The maximum absolute atomic E-state index is 5.80. The van der Waals surface area contributed by atoms with Crippen LogP contribution in [-0.2, 0) is 0 Å². The summed E-state index contributed by atoms with van der Waals surface area (Å²) in [7, 11) is 0. The first-order valence-electron chi connectivity index (χ1n) is 6.46. The van der Waals surface area contributed by atoms with E-state index in [1.807, 2.05) is 30.3 Å². The third-order valence-corrected chi connectivity index (χ3v) is 2.73. The fourth-order valence-electron chi connectivity index (χ4n) is 1.66. The molecule has 0 aromatic heterocycles. The number of hydrogen-bond donors (Lipinski definition) is 1. The van der Waals surface area contributed by atoms with Crippen molar-refractivity contribution in [3.8, 4) is 5.75 Å². The SMILES string of the molecule is CCN(CC)NCCC(C)Oc1ccccc1. The van der Waals surface area contributed by atoms with Crippen LogP contribution >= 0.6 is 0 Å². The van der Waals surface area contributed by atoms with Crippen molar-refractivity contribution in [3.05, 3.63) is 30.3 Å². The molecule has 17 heavy (non-hydrogen) atoms. The van der Waals surface area contributed by atoms with Gasteiger partial charge in [-0.25, -0.2) is 5.01 Å². The van der Waals surface area contributed by atoms with Gasteiger partial charge in [-0.1, -0.05) is 32.0 Å². The molecule has 1 unspecified atom stereocenters. The summed E-state index contributed by atoms with van der Waals surface area (Å²) in [4.78, 5) is 0. The molecule has 0 saturated heterocycles. The molecule has 1 atom stereocenters. The van der Waals surface area contributed by atoms with Crippen LogP contribution in [0, 0.1) is 0 Å². The quantitative estimate of drug-likeness (QED) is 0.702. The van der Waals surface area contributed by atoms with Gasteiger partial charge in [0.2, 0.25) is 0 Å². The Labute approximate surface area is 105 Å². The Morgan fingerprint density at radius 1 is 1.18 bits per heavy atom. The number of para-hydroxylation sites is 1. The number of hydrogen-bond acceptors (Lipinski definition) is 3. The van der Waals surface area contributed by atoms with E-state index in [1.54, 1.807) is 0 Å². The summed E-state index contributed by atoms with van der Waals surface area (Å²) < 4.78 is 5.80. The number of ether oxygens (including phenoxy) is 1. The van der Waals surface area contributed by atoms with E-state index in [0.717, 1.165) is 31.8 Å². The number of nitrogens with one attached hydrogen (secondary N) is 1. The van der Waals surface area contributed by atoms with Gasteiger partial charge in [0, 0.05) is 19.6 Å². The monoisotopic (exact) mass is 236 g/mol. The zero-order valence-corrected chi connectivity index (χ0v) is 11.1. The summed E-state index contributed by atoms with van der Waals surface area (Å²) in [6, 6.07) is 9.98. The van der Waals surface area contributed by atoms with Gasteiger partial charge in [0.1, 0.15) is 5.75 Å². The van der Waals surface area contributed by atoms with E-state index in [4.69, 9.17) is 4.74 Å². The van der Waals surface area contributed by atoms with Gasteiger partial charge in [-0.15, -0.1) is 0 Å². The van der Waals surface area contributed by atoms with Crippen LogP contribution in [0.5, 0.6) is 5.75 Å². The number of hydrazine groups is 1. The molecule has 1 aromatic rings. The van der Waals surface area contributed by atoms with Gasteiger partial charge in [-0.2, -0.15) is 0 Å². The van der Waals surface area contributed by atoms with E-state index < -0.39 is 0 Å². The number of benzene rings is 1. The van der Waals surface area contributed by atoms with Crippen LogP contribution in [0.4, 0.5) is 0 Å². The van der Waals surface area contributed by atoms with Gasteiger partial charge in [0.05, 0.1) is 6.10 Å². The van der Waals surface area contributed by atoms with Crippen LogP contribution in [0.25, 0.3) is 0 Å². The highest BCUT2D eigenvalue weighted by Gasteiger charge is 2.04. The van der Waals surface area contributed by atoms with E-state index in [-0.39, 0.29) is 6.10 Å². The summed E-state index contributed by atoms with van der Waals surface area (Å²) in [6.45, 7) is 9.43. The topological polar surface area (TPSA) is 24.5 Å². The van der Waals surface area contributed by atoms with Gasteiger partial charge in [0.25, 0.3) is 0 Å². The summed E-state index contributed by atoms with van der Waals surface area (Å²) in [6.07, 6.45) is 1.24. The normalized spacial score (nSPS) is 12.7. The molecule has 3 nitrogen and oxygen atoms in total. The lowest BCUT2D eigenvalue weighted by atomic mass is 10.3. The molecular weight excluding hydrogens is 212 g/mol. The Balaban J connectivity index is 2.19. The molecule has 0 aliphatic carbocycles. The van der Waals surface area contributed by atoms with Gasteiger partial charge in [-0.05, 0) is 25.5 Å². The maximum Gasteiger partial charge on any atom is 0.119 e. The largest absolute Gasteiger partial charge is 0.491 e. The number of rotatable bonds is 8. The van der Waals surface area contributed by atoms with Crippen LogP contribution in [0.15, 0.2) is 30.3 Å². The fraction of sp³-hybridized carbons (Fsp3) is 0.571. The van der Waals surface area contributed by atoms with E-state index in [1.165, 1.54) is 0 Å². The Morgan fingerprint density at radius 3 is 2.41 bits per heavy atom. The molecule has 3 heteroatoms. The van der Waals surface area contributed by atoms with Crippen LogP contribution in [-0.4, -0.2) is 30.7 Å². The molecular formula is C14H24N2O. The standard InChI is InChI=1S/C14H24N2O/c1-4-16(5-2)15-12-11-13(3)17-14-9-7-6-8-10-14/h6-10,13,15H,4-5,11-12H2,1-3H3. The molecule has 0 saturated carbocycles. The first-order valence-corrected chi connectivity index (χ1v) is 6.46. The van der Waals surface area contributed by atoms with Gasteiger partial charge in [-0.3, -0.25) is 5.43 Å². The van der Waals surface area contributed by atoms with Gasteiger partial charge in [0.15, 0.2) is 0 Å². The third kappa shape index (κ3) is 5.71. The van der Waals surface area contributed by atoms with Gasteiger partial charge < -0.3 is 4.74 Å². The molecule has 0 heterocycles. The molecule has 96 valence electrons. The molecule has 0 spiro atoms. The zero-order chi connectivity index (χ0) is 12.5. The van der Waals surface area contributed by atoms with Crippen LogP contribution < -0.4 is 10.2 Å². The molecule has 0 amide bonds. The van der Waals surface area contributed by atoms with Crippen LogP contribution in [0.3, 0.4) is 0 Å². The van der Waals surface area contributed by atoms with E-state index >= 15 is 0 Å². The van der Waals surface area contributed by atoms with Crippen molar-refractivity contribution in [2.45, 2.75) is 33.3 Å². The van der Waals surface area contributed by atoms with Crippen molar-refractivity contribution < 1.29 is 4.74 Å². The van der Waals surface area contributed by atoms with E-state index in [2.05, 4.69) is 31.2 Å². The third-order valence-electron chi connectivity index (χ3n) is 2.73. The van der Waals surface area contributed by atoms with Crippen molar-refractivity contribution in [2.75, 3.05) is 19.6 Å². The second-order valence-corrected chi connectivity index (χ2v) is 4.11. The second kappa shape index (κ2) is 8.09. The van der Waals surface area contributed by atoms with Crippen LogP contribution in [0.1, 0.15) is 27.2 Å². The van der Waals surface area contributed by atoms with Crippen molar-refractivity contribution in [1.82, 2.24) is 10.4 Å². The molecule has 0 radical (unpaired) electrons. The molecule has 1 aromatic carbocycles. The summed E-state index contributed by atoms with van der Waals surface area (Å²) in [5.74, 6) is 0.947. The van der Waals surface area contributed by atoms with Crippen molar-refractivity contribution in [2.24, 2.45) is 0 Å². The lowest BCUT2D eigenvalue weighted by Crippen LogP contribution is -2.39. The lowest BCUT2D eigenvalue weighted by Gasteiger charge is -2.21. The predicted octanol–water partition coefficient (Wildman–Crippen LogP) is 2.69. The summed E-state index contributed by atoms with van der Waals surface area (Å²) in [5, 5.41) is 2.20. The highest BCUT2D eigenvalue weighted by molar-refractivity contribution is 5.21. The van der Waals surface area contributed by atoms with E-state index in [9.17, 15) is 0 Å². The molecule has 0 aliphatic heterocycles. The van der Waals surface area contributed by atoms with Crippen molar-refractivity contribution in [3.63, 3.8) is 0 Å². The number of nitrogens with zero attached hydrogens (tertiary/aromatic N) is 1. The molecule has 0 fully saturated rings. The minimum atomic E-state index is 0.237. The first-order chi connectivity index (χ1) is 8.26. The zero-order valence-electron chi connectivity index (χ0n) is 11.1. The molecule has 0 bridgehead atoms. The smallest absolute Gasteiger partial charge is 0.119 e. The van der Waals surface area contributed by atoms with Crippen molar-refractivity contribution >= 4 is 0 Å². The minimum absolute atomic E-state index is 0.237. The van der Waals surface area contributed by atoms with Crippen molar-refractivity contribution in [1.29, 1.82) is 0 Å². The fourth-order valence-corrected chi connectivity index (χ4v) is 1.66. The Kier molecular flexibility index (Phi) is 6.67. The molecule has 1 N–H and O–H groups in total. The second-order valence-electron chi connectivity index (χ2n) is 4.11. The highest BCUT2D eigenvalue weighted by Crippen LogP contribution is 2.11. The molecule has 1 rings (SSSR count). The predicted molar refractivity (Wildman–Crippen MR) is 72.1 cm³/mol. The van der Waals surface area contributed by atoms with Gasteiger partial charge >= 0.3 is 0 Å². The highest BCUT2D eigenvalue weighted by atomic mass is 16.5. The minimum Gasteiger partial charge on any atom is -0.491 e. The lowest BCUT2D eigenvalue weighted by molar-refractivity contribution is 0.169. The summed E-state index contributed by atoms with van der Waals surface area (Å²) >= 11 is 0. The molecule has 0 aliphatic rings. The summed E-state index contributed by atoms with van der Waals surface area (Å²) in [5.41, 5.74) is 3.39. The Bertz CT molecular complexity index is 286. The van der Waals surface area contributed by atoms with Crippen LogP contribution in [0.2, 0.25) is 0 Å². The average Bonchev–Trinajstić information content (AvgIpc) is 2.36. The average molecular weight is 236 g/mol. The first kappa shape index (κ1) is 14.0. The maximum atomic E-state index is 5.80. The Morgan fingerprint density at radius 2 is 1.82 bits per heavy atom.